The number of alkyl halides is 3. The average Bonchev–Trinajstić information content (AvgIpc) is 2.85. The molecule has 0 saturated heterocycles. The first-order chi connectivity index (χ1) is 17.7. The van der Waals surface area contributed by atoms with Crippen LogP contribution in [0, 0.1) is 5.82 Å². The number of likely N-dealkylation sites (N-methyl/N-ethyl adjacent to an activating group) is 1. The van der Waals surface area contributed by atoms with Crippen molar-refractivity contribution in [2.45, 2.75) is 24.6 Å². The second-order valence-corrected chi connectivity index (χ2v) is 9.05. The van der Waals surface area contributed by atoms with Crippen LogP contribution in [0.4, 0.5) is 23.2 Å². The number of aliphatic hydroxyl groups is 1. The number of carboxylic acid groups (broad SMARTS) is 1. The molecule has 1 aliphatic rings. The third kappa shape index (κ3) is 4.74. The largest absolute Gasteiger partial charge is 0.482 e. The minimum absolute atomic E-state index is 0.00866. The monoisotopic (exact) mass is 553 g/mol. The van der Waals surface area contributed by atoms with Crippen molar-refractivity contribution in [1.29, 1.82) is 0 Å². The number of anilines is 1. The Kier molecular flexibility index (Phi) is 7.02. The lowest BCUT2D eigenvalue weighted by atomic mass is 9.77. The predicted octanol–water partition coefficient (Wildman–Crippen LogP) is 5.88. The Morgan fingerprint density at radius 2 is 1.76 bits per heavy atom. The molecule has 2 N–H and O–H groups in total. The van der Waals surface area contributed by atoms with Gasteiger partial charge in [-0.05, 0) is 53.6 Å². The highest BCUT2D eigenvalue weighted by Gasteiger charge is 2.59. The van der Waals surface area contributed by atoms with E-state index in [4.69, 9.17) is 26.2 Å². The van der Waals surface area contributed by atoms with Crippen LogP contribution in [0.2, 0.25) is 5.02 Å². The van der Waals surface area contributed by atoms with Gasteiger partial charge in [-0.15, -0.1) is 0 Å². The zero-order chi connectivity index (χ0) is 28.0. The van der Waals surface area contributed by atoms with Gasteiger partial charge in [-0.2, -0.15) is 13.2 Å². The summed E-state index contributed by atoms with van der Waals surface area (Å²) in [5.41, 5.74) is -4.34. The third-order valence-electron chi connectivity index (χ3n) is 6.39. The fraction of sp³-hybridized carbons (Fsp3) is 0.231. The van der Waals surface area contributed by atoms with E-state index >= 15 is 0 Å². The molecule has 12 heteroatoms. The summed E-state index contributed by atoms with van der Waals surface area (Å²) in [7, 11) is 1.46. The fourth-order valence-electron chi connectivity index (χ4n) is 4.19. The van der Waals surface area contributed by atoms with Gasteiger partial charge in [0.1, 0.15) is 23.1 Å². The van der Waals surface area contributed by atoms with E-state index in [0.717, 1.165) is 31.2 Å². The molecule has 38 heavy (non-hydrogen) atoms. The normalized spacial score (nSPS) is 15.8. The van der Waals surface area contributed by atoms with Gasteiger partial charge in [-0.25, -0.2) is 9.18 Å². The lowest BCUT2D eigenvalue weighted by Crippen LogP contribution is -2.46. The maximum atomic E-state index is 14.4. The lowest BCUT2D eigenvalue weighted by Gasteiger charge is -2.38. The van der Waals surface area contributed by atoms with Crippen LogP contribution < -0.4 is 14.4 Å². The second kappa shape index (κ2) is 9.80. The smallest absolute Gasteiger partial charge is 0.422 e. The quantitative estimate of drug-likeness (QED) is 0.370. The molecule has 200 valence electrons. The Morgan fingerprint density at radius 1 is 1.11 bits per heavy atom. The average molecular weight is 554 g/mol. The number of carboxylic acids is 1. The fourth-order valence-corrected chi connectivity index (χ4v) is 4.52. The van der Waals surface area contributed by atoms with E-state index in [-0.39, 0.29) is 46.0 Å². The molecule has 0 aromatic heterocycles. The number of carbonyl (C=O) groups is 2. The Morgan fingerprint density at radius 3 is 2.39 bits per heavy atom. The number of carbonyl (C=O) groups excluding carboxylic acids is 1. The van der Waals surface area contributed by atoms with Crippen molar-refractivity contribution in [2.24, 2.45) is 0 Å². The number of benzene rings is 3. The zero-order valence-corrected chi connectivity index (χ0v) is 20.6. The van der Waals surface area contributed by atoms with E-state index < -0.39 is 40.6 Å². The van der Waals surface area contributed by atoms with Gasteiger partial charge in [-0.3, -0.25) is 4.79 Å². The van der Waals surface area contributed by atoms with Gasteiger partial charge in [0.15, 0.2) is 12.2 Å². The van der Waals surface area contributed by atoms with E-state index in [1.165, 1.54) is 42.3 Å². The van der Waals surface area contributed by atoms with Gasteiger partial charge in [0.2, 0.25) is 0 Å². The van der Waals surface area contributed by atoms with Crippen molar-refractivity contribution in [3.8, 4) is 17.2 Å². The van der Waals surface area contributed by atoms with Crippen LogP contribution in [0.3, 0.4) is 0 Å². The molecule has 2 atom stereocenters. The summed E-state index contributed by atoms with van der Waals surface area (Å²) in [6.45, 7) is 0.798. The van der Waals surface area contributed by atoms with Crippen LogP contribution in [0.25, 0.3) is 0 Å². The summed E-state index contributed by atoms with van der Waals surface area (Å²) in [6.07, 6.45) is -5.14. The first kappa shape index (κ1) is 27.2. The van der Waals surface area contributed by atoms with Crippen LogP contribution >= 0.6 is 11.6 Å². The Bertz CT molecular complexity index is 1430. The van der Waals surface area contributed by atoms with E-state index in [0.29, 0.717) is 0 Å². The lowest BCUT2D eigenvalue weighted by molar-refractivity contribution is -0.274. The standard InChI is InChI=1S/C26H20ClF4NO6/c1-13(17-6-4-16(11-19(17)27)38-15-5-7-20(28)18(10-15)24(34)35)25(36,26(29,30)31)14-3-8-21-22(9-14)37-12-23(33)32(21)2/h3-11,13,36H,12H2,1-2H3,(H,34,35). The molecule has 1 heterocycles. The predicted molar refractivity (Wildman–Crippen MR) is 129 cm³/mol. The number of amides is 1. The molecule has 0 fully saturated rings. The molecule has 0 spiro atoms. The van der Waals surface area contributed by atoms with Crippen LogP contribution in [0.5, 0.6) is 17.2 Å². The van der Waals surface area contributed by atoms with Crippen LogP contribution in [0.1, 0.15) is 34.3 Å². The maximum absolute atomic E-state index is 14.4. The molecule has 0 saturated carbocycles. The Labute approximate surface area is 218 Å². The van der Waals surface area contributed by atoms with Crippen molar-refractivity contribution < 1.29 is 46.8 Å². The van der Waals surface area contributed by atoms with Crippen molar-refractivity contribution in [1.82, 2.24) is 0 Å². The number of halogens is 5. The molecule has 2 unspecified atom stereocenters. The molecule has 0 aliphatic carbocycles. The van der Waals surface area contributed by atoms with E-state index in [1.807, 2.05) is 0 Å². The van der Waals surface area contributed by atoms with E-state index in [2.05, 4.69) is 0 Å². The minimum Gasteiger partial charge on any atom is -0.482 e. The SMILES string of the molecule is CC(c1ccc(Oc2ccc(F)c(C(=O)O)c2)cc1Cl)C(O)(c1ccc2c(c1)OCC(=O)N2C)C(F)(F)F. The number of fused-ring (bicyclic) bond motifs is 1. The highest BCUT2D eigenvalue weighted by atomic mass is 35.5. The maximum Gasteiger partial charge on any atom is 0.422 e. The minimum atomic E-state index is -5.14. The summed E-state index contributed by atoms with van der Waals surface area (Å²) in [4.78, 5) is 24.2. The molecule has 0 bridgehead atoms. The van der Waals surface area contributed by atoms with Gasteiger partial charge < -0.3 is 24.6 Å². The summed E-state index contributed by atoms with van der Waals surface area (Å²) < 4.78 is 67.7. The van der Waals surface area contributed by atoms with Gasteiger partial charge in [0.25, 0.3) is 5.91 Å². The van der Waals surface area contributed by atoms with Gasteiger partial charge in [0.05, 0.1) is 11.3 Å². The molecule has 4 rings (SSSR count). The summed E-state index contributed by atoms with van der Waals surface area (Å²) in [5.74, 6) is -4.46. The summed E-state index contributed by atoms with van der Waals surface area (Å²) >= 11 is 6.31. The Hall–Kier alpha value is -3.83. The van der Waals surface area contributed by atoms with Crippen molar-refractivity contribution >= 4 is 29.2 Å². The molecule has 0 radical (unpaired) electrons. The molecule has 3 aromatic rings. The number of aromatic carboxylic acids is 1. The molecule has 1 amide bonds. The first-order valence-electron chi connectivity index (χ1n) is 11.1. The number of hydrogen-bond donors (Lipinski definition) is 2. The number of ether oxygens (including phenoxy) is 2. The summed E-state index contributed by atoms with van der Waals surface area (Å²) in [6, 6.07) is 10.1. The molecular weight excluding hydrogens is 534 g/mol. The zero-order valence-electron chi connectivity index (χ0n) is 19.8. The van der Waals surface area contributed by atoms with Crippen LogP contribution in [-0.2, 0) is 10.4 Å². The first-order valence-corrected chi connectivity index (χ1v) is 11.4. The number of hydrogen-bond acceptors (Lipinski definition) is 5. The van der Waals surface area contributed by atoms with Crippen molar-refractivity contribution in [3.05, 3.63) is 82.1 Å². The molecule has 1 aliphatic heterocycles. The summed E-state index contributed by atoms with van der Waals surface area (Å²) in [5, 5.41) is 20.1. The molecule has 3 aromatic carbocycles. The highest BCUT2D eigenvalue weighted by molar-refractivity contribution is 6.31. The van der Waals surface area contributed by atoms with Crippen molar-refractivity contribution in [2.75, 3.05) is 18.6 Å². The van der Waals surface area contributed by atoms with Gasteiger partial charge in [0, 0.05) is 18.0 Å². The van der Waals surface area contributed by atoms with Crippen LogP contribution in [0.15, 0.2) is 54.6 Å². The number of nitrogens with zero attached hydrogens (tertiary/aromatic N) is 1. The highest BCUT2D eigenvalue weighted by Crippen LogP contribution is 2.51. The number of rotatable bonds is 6. The van der Waals surface area contributed by atoms with Gasteiger partial charge in [-0.1, -0.05) is 30.7 Å². The molecule has 7 nitrogen and oxygen atoms in total. The van der Waals surface area contributed by atoms with E-state index in [1.54, 1.807) is 0 Å². The molecular formula is C26H20ClF4NO6. The van der Waals surface area contributed by atoms with Gasteiger partial charge >= 0.3 is 12.1 Å². The van der Waals surface area contributed by atoms with E-state index in [9.17, 15) is 32.3 Å². The second-order valence-electron chi connectivity index (χ2n) is 8.64. The van der Waals surface area contributed by atoms with Crippen molar-refractivity contribution in [3.63, 3.8) is 0 Å². The Balaban J connectivity index is 1.69. The van der Waals surface area contributed by atoms with Crippen LogP contribution in [-0.4, -0.2) is 41.9 Å². The third-order valence-corrected chi connectivity index (χ3v) is 6.72. The topological polar surface area (TPSA) is 96.3 Å².